The maximum atomic E-state index is 12.0. The molecule has 0 aliphatic rings. The quantitative estimate of drug-likeness (QED) is 0.745. The first-order valence-electron chi connectivity index (χ1n) is 6.63. The summed E-state index contributed by atoms with van der Waals surface area (Å²) in [6.45, 7) is 2.98. The van der Waals surface area contributed by atoms with Crippen molar-refractivity contribution in [2.24, 2.45) is 7.05 Å². The third-order valence-corrected chi connectivity index (χ3v) is 3.79. The van der Waals surface area contributed by atoms with Crippen LogP contribution in [0.3, 0.4) is 0 Å². The highest BCUT2D eigenvalue weighted by atomic mass is 79.9. The molecule has 0 bridgehead atoms. The topological polar surface area (TPSA) is 102 Å². The number of nitrogens with zero attached hydrogens (tertiary/aromatic N) is 4. The van der Waals surface area contributed by atoms with E-state index in [-0.39, 0.29) is 11.3 Å². The van der Waals surface area contributed by atoms with Gasteiger partial charge in [-0.2, -0.15) is 10.2 Å². The average Bonchev–Trinajstić information content (AvgIpc) is 2.98. The third-order valence-electron chi connectivity index (χ3n) is 3.01. The van der Waals surface area contributed by atoms with E-state index < -0.39 is 11.9 Å². The number of hydrogen-bond donors (Lipinski definition) is 2. The Bertz CT molecular complexity index is 687. The number of hydrogen-bond acceptors (Lipinski definition) is 4. The Hall–Kier alpha value is -2.16. The molecule has 0 fully saturated rings. The van der Waals surface area contributed by atoms with Gasteiger partial charge in [0, 0.05) is 32.5 Å². The molecule has 1 amide bonds. The van der Waals surface area contributed by atoms with Crippen molar-refractivity contribution in [2.45, 2.75) is 19.9 Å². The number of carbonyl (C=O) groups excluding carboxylic acids is 1. The number of aromatic carboxylic acids is 1. The molecule has 0 saturated carbocycles. The predicted molar refractivity (Wildman–Crippen MR) is 81.8 cm³/mol. The van der Waals surface area contributed by atoms with E-state index in [1.54, 1.807) is 11.7 Å². The van der Waals surface area contributed by atoms with Crippen molar-refractivity contribution in [3.8, 4) is 0 Å². The van der Waals surface area contributed by atoms with E-state index in [9.17, 15) is 9.59 Å². The number of aromatic nitrogens is 4. The maximum absolute atomic E-state index is 12.0. The van der Waals surface area contributed by atoms with Gasteiger partial charge in [0.25, 0.3) is 5.91 Å². The fourth-order valence-electron chi connectivity index (χ4n) is 1.96. The fourth-order valence-corrected chi connectivity index (χ4v) is 2.27. The van der Waals surface area contributed by atoms with Gasteiger partial charge in [0.2, 0.25) is 0 Å². The first kappa shape index (κ1) is 16.2. The molecule has 9 heteroatoms. The third kappa shape index (κ3) is 3.73. The summed E-state index contributed by atoms with van der Waals surface area (Å²) >= 11 is 3.38. The van der Waals surface area contributed by atoms with E-state index in [0.29, 0.717) is 19.5 Å². The number of carboxylic acids is 1. The van der Waals surface area contributed by atoms with Crippen LogP contribution in [0.4, 0.5) is 0 Å². The van der Waals surface area contributed by atoms with Crippen LogP contribution in [0.1, 0.15) is 33.0 Å². The van der Waals surface area contributed by atoms with E-state index in [1.165, 1.54) is 10.9 Å². The van der Waals surface area contributed by atoms with Gasteiger partial charge in [-0.3, -0.25) is 14.2 Å². The normalized spacial score (nSPS) is 10.7. The van der Waals surface area contributed by atoms with Crippen LogP contribution in [0.25, 0.3) is 0 Å². The number of rotatable bonds is 6. The fraction of sp³-hybridized carbons (Fsp3) is 0.385. The SMILES string of the molecule is Cc1nn(CCCNC(=O)c2cn(C)nc2C(=O)O)cc1Br. The van der Waals surface area contributed by atoms with Crippen molar-refractivity contribution in [1.82, 2.24) is 24.9 Å². The number of nitrogens with one attached hydrogen (secondary N) is 1. The van der Waals surface area contributed by atoms with Crippen LogP contribution in [-0.4, -0.2) is 43.1 Å². The molecule has 0 spiro atoms. The monoisotopic (exact) mass is 369 g/mol. The van der Waals surface area contributed by atoms with Crippen molar-refractivity contribution < 1.29 is 14.7 Å². The molecular formula is C13H16BrN5O3. The van der Waals surface area contributed by atoms with Gasteiger partial charge in [-0.25, -0.2) is 4.79 Å². The van der Waals surface area contributed by atoms with Gasteiger partial charge >= 0.3 is 5.97 Å². The second kappa shape index (κ2) is 6.73. The van der Waals surface area contributed by atoms with Gasteiger partial charge in [-0.15, -0.1) is 0 Å². The van der Waals surface area contributed by atoms with Crippen LogP contribution in [0, 0.1) is 6.92 Å². The standard InChI is InChI=1S/C13H16BrN5O3/c1-8-10(14)7-19(16-8)5-3-4-15-12(20)9-6-18(2)17-11(9)13(21)22/h6-7H,3-5H2,1-2H3,(H,15,20)(H,21,22). The Morgan fingerprint density at radius 1 is 1.36 bits per heavy atom. The summed E-state index contributed by atoms with van der Waals surface area (Å²) in [7, 11) is 1.57. The number of carboxylic acid groups (broad SMARTS) is 1. The van der Waals surface area contributed by atoms with Crippen molar-refractivity contribution in [1.29, 1.82) is 0 Å². The van der Waals surface area contributed by atoms with Crippen molar-refractivity contribution in [2.75, 3.05) is 6.54 Å². The lowest BCUT2D eigenvalue weighted by Gasteiger charge is -2.04. The molecule has 0 atom stereocenters. The summed E-state index contributed by atoms with van der Waals surface area (Å²) in [6.07, 6.45) is 3.95. The summed E-state index contributed by atoms with van der Waals surface area (Å²) in [6, 6.07) is 0. The van der Waals surface area contributed by atoms with Crippen LogP contribution < -0.4 is 5.32 Å². The molecule has 2 heterocycles. The average molecular weight is 370 g/mol. The number of aryl methyl sites for hydroxylation is 3. The zero-order valence-corrected chi connectivity index (χ0v) is 13.8. The lowest BCUT2D eigenvalue weighted by atomic mass is 10.2. The highest BCUT2D eigenvalue weighted by Gasteiger charge is 2.20. The molecule has 22 heavy (non-hydrogen) atoms. The Morgan fingerprint density at radius 3 is 2.68 bits per heavy atom. The minimum atomic E-state index is -1.22. The minimum Gasteiger partial charge on any atom is -0.476 e. The zero-order chi connectivity index (χ0) is 16.3. The van der Waals surface area contributed by atoms with Crippen LogP contribution in [0.15, 0.2) is 16.9 Å². The largest absolute Gasteiger partial charge is 0.476 e. The Labute approximate surface area is 135 Å². The molecule has 0 saturated heterocycles. The van der Waals surface area contributed by atoms with Crippen molar-refractivity contribution in [3.05, 3.63) is 33.8 Å². The van der Waals surface area contributed by atoms with Gasteiger partial charge in [-0.1, -0.05) is 0 Å². The molecule has 8 nitrogen and oxygen atoms in total. The van der Waals surface area contributed by atoms with Gasteiger partial charge in [0.05, 0.1) is 15.7 Å². The highest BCUT2D eigenvalue weighted by molar-refractivity contribution is 9.10. The van der Waals surface area contributed by atoms with E-state index in [2.05, 4.69) is 31.4 Å². The van der Waals surface area contributed by atoms with Crippen molar-refractivity contribution in [3.63, 3.8) is 0 Å². The van der Waals surface area contributed by atoms with Crippen LogP contribution in [-0.2, 0) is 13.6 Å². The van der Waals surface area contributed by atoms with Gasteiger partial charge in [0.15, 0.2) is 5.69 Å². The molecule has 0 radical (unpaired) electrons. The smallest absolute Gasteiger partial charge is 0.357 e. The first-order chi connectivity index (χ1) is 10.4. The minimum absolute atomic E-state index is 0.0627. The number of carbonyl (C=O) groups is 2. The molecule has 2 rings (SSSR count). The summed E-state index contributed by atoms with van der Waals surface area (Å²) < 4.78 is 4.04. The second-order valence-electron chi connectivity index (χ2n) is 4.81. The Kier molecular flexibility index (Phi) is 4.96. The van der Waals surface area contributed by atoms with Gasteiger partial charge in [-0.05, 0) is 29.3 Å². The lowest BCUT2D eigenvalue weighted by Crippen LogP contribution is -2.26. The van der Waals surface area contributed by atoms with Crippen LogP contribution >= 0.6 is 15.9 Å². The molecule has 2 N–H and O–H groups in total. The summed E-state index contributed by atoms with van der Waals surface area (Å²) in [4.78, 5) is 23.0. The Balaban J connectivity index is 1.87. The van der Waals surface area contributed by atoms with Crippen LogP contribution in [0.5, 0.6) is 0 Å². The lowest BCUT2D eigenvalue weighted by molar-refractivity contribution is 0.0684. The molecular weight excluding hydrogens is 354 g/mol. The molecule has 118 valence electrons. The zero-order valence-electron chi connectivity index (χ0n) is 12.2. The molecule has 0 aliphatic heterocycles. The predicted octanol–water partition coefficient (Wildman–Crippen LogP) is 1.21. The molecule has 2 aromatic rings. The van der Waals surface area contributed by atoms with Crippen molar-refractivity contribution >= 4 is 27.8 Å². The first-order valence-corrected chi connectivity index (χ1v) is 7.42. The molecule has 0 unspecified atom stereocenters. The van der Waals surface area contributed by atoms with Gasteiger partial charge < -0.3 is 10.4 Å². The highest BCUT2D eigenvalue weighted by Crippen LogP contribution is 2.13. The molecule has 0 aromatic carbocycles. The van der Waals surface area contributed by atoms with Gasteiger partial charge in [0.1, 0.15) is 0 Å². The number of amides is 1. The molecule has 2 aromatic heterocycles. The number of halogens is 1. The van der Waals surface area contributed by atoms with E-state index in [4.69, 9.17) is 5.11 Å². The van der Waals surface area contributed by atoms with Crippen LogP contribution in [0.2, 0.25) is 0 Å². The molecule has 0 aliphatic carbocycles. The Morgan fingerprint density at radius 2 is 2.09 bits per heavy atom. The summed E-state index contributed by atoms with van der Waals surface area (Å²) in [5, 5.41) is 19.7. The maximum Gasteiger partial charge on any atom is 0.357 e. The summed E-state index contributed by atoms with van der Waals surface area (Å²) in [5.74, 6) is -1.66. The second-order valence-corrected chi connectivity index (χ2v) is 5.66. The summed E-state index contributed by atoms with van der Waals surface area (Å²) in [5.41, 5.74) is 0.727. The van der Waals surface area contributed by atoms with E-state index in [0.717, 1.165) is 10.2 Å². The van der Waals surface area contributed by atoms with E-state index >= 15 is 0 Å². The van der Waals surface area contributed by atoms with E-state index in [1.807, 2.05) is 13.1 Å².